The van der Waals surface area contributed by atoms with Gasteiger partial charge in [0.1, 0.15) is 5.65 Å². The molecule has 2 heterocycles. The quantitative estimate of drug-likeness (QED) is 0.733. The third-order valence-corrected chi connectivity index (χ3v) is 5.29. The van der Waals surface area contributed by atoms with E-state index in [-0.39, 0.29) is 22.0 Å². The number of imidazole rings is 1. The number of aromatic nitrogens is 2. The monoisotopic (exact) mass is 397 g/mol. The third kappa shape index (κ3) is 3.95. The summed E-state index contributed by atoms with van der Waals surface area (Å²) in [4.78, 5) is 16.6. The molecule has 0 aliphatic carbocycles. The summed E-state index contributed by atoms with van der Waals surface area (Å²) in [6, 6.07) is 7.61. The molecule has 0 saturated heterocycles. The number of carbonyl (C=O) groups is 1. The maximum absolute atomic E-state index is 12.3. The number of hydrogen-bond acceptors (Lipinski definition) is 4. The maximum atomic E-state index is 12.3. The van der Waals surface area contributed by atoms with Crippen molar-refractivity contribution in [1.82, 2.24) is 14.7 Å². The maximum Gasteiger partial charge on any atom is 0.251 e. The minimum atomic E-state index is -3.52. The summed E-state index contributed by atoms with van der Waals surface area (Å²) < 4.78 is 25.1. The average molecular weight is 398 g/mol. The smallest absolute Gasteiger partial charge is 0.251 e. The molecular weight excluding hydrogens is 385 g/mol. The van der Waals surface area contributed by atoms with E-state index in [0.29, 0.717) is 16.4 Å². The standard InChI is InChI=1S/C16H13Cl2N3O3S/c1-25(23,24)14-6-10(2-4-13(14)18)16(22)19-7-12-9-21-8-11(17)3-5-15(21)20-12/h2-6,8-9H,7H2,1H3,(H,19,22). The molecule has 0 radical (unpaired) electrons. The Kier molecular flexibility index (Phi) is 4.73. The first kappa shape index (κ1) is 17.7. The van der Waals surface area contributed by atoms with Gasteiger partial charge in [-0.1, -0.05) is 23.2 Å². The number of rotatable bonds is 4. The second kappa shape index (κ2) is 6.67. The number of pyridine rings is 1. The number of nitrogens with zero attached hydrogens (tertiary/aromatic N) is 2. The van der Waals surface area contributed by atoms with Crippen LogP contribution in [0, 0.1) is 0 Å². The number of halogens is 2. The van der Waals surface area contributed by atoms with Gasteiger partial charge in [-0.05, 0) is 30.3 Å². The van der Waals surface area contributed by atoms with Gasteiger partial charge in [0.05, 0.1) is 27.2 Å². The van der Waals surface area contributed by atoms with Crippen LogP contribution >= 0.6 is 23.2 Å². The van der Waals surface area contributed by atoms with Crippen LogP contribution in [-0.2, 0) is 16.4 Å². The Morgan fingerprint density at radius 1 is 1.20 bits per heavy atom. The van der Waals surface area contributed by atoms with E-state index in [1.54, 1.807) is 28.9 Å². The first-order chi connectivity index (χ1) is 11.7. The Morgan fingerprint density at radius 2 is 1.96 bits per heavy atom. The van der Waals surface area contributed by atoms with E-state index >= 15 is 0 Å². The molecule has 2 aromatic heterocycles. The van der Waals surface area contributed by atoms with Crippen LogP contribution in [0.25, 0.3) is 5.65 Å². The van der Waals surface area contributed by atoms with Crippen LogP contribution in [0.2, 0.25) is 10.0 Å². The molecule has 3 rings (SSSR count). The first-order valence-electron chi connectivity index (χ1n) is 7.15. The molecule has 1 aromatic carbocycles. The molecule has 0 fully saturated rings. The van der Waals surface area contributed by atoms with Crippen molar-refractivity contribution >= 4 is 44.6 Å². The van der Waals surface area contributed by atoms with Gasteiger partial charge in [0.25, 0.3) is 5.91 Å². The van der Waals surface area contributed by atoms with Crippen molar-refractivity contribution in [2.75, 3.05) is 6.26 Å². The average Bonchev–Trinajstić information content (AvgIpc) is 2.93. The molecule has 1 N–H and O–H groups in total. The molecule has 25 heavy (non-hydrogen) atoms. The lowest BCUT2D eigenvalue weighted by Gasteiger charge is -2.06. The highest BCUT2D eigenvalue weighted by atomic mass is 35.5. The van der Waals surface area contributed by atoms with Gasteiger partial charge in [-0.15, -0.1) is 0 Å². The van der Waals surface area contributed by atoms with Gasteiger partial charge < -0.3 is 9.72 Å². The Labute approximate surface area is 154 Å². The molecule has 0 spiro atoms. The predicted molar refractivity (Wildman–Crippen MR) is 95.9 cm³/mol. The summed E-state index contributed by atoms with van der Waals surface area (Å²) in [7, 11) is -3.52. The van der Waals surface area contributed by atoms with Gasteiger partial charge in [0, 0.05) is 24.2 Å². The van der Waals surface area contributed by atoms with Crippen LogP contribution in [0.5, 0.6) is 0 Å². The lowest BCUT2D eigenvalue weighted by Crippen LogP contribution is -2.23. The Bertz CT molecular complexity index is 1080. The molecule has 0 atom stereocenters. The molecule has 9 heteroatoms. The van der Waals surface area contributed by atoms with Crippen LogP contribution in [0.1, 0.15) is 16.1 Å². The number of amides is 1. The molecule has 130 valence electrons. The van der Waals surface area contributed by atoms with E-state index in [4.69, 9.17) is 23.2 Å². The second-order valence-electron chi connectivity index (χ2n) is 5.45. The normalized spacial score (nSPS) is 11.6. The zero-order valence-corrected chi connectivity index (χ0v) is 15.4. The largest absolute Gasteiger partial charge is 0.346 e. The predicted octanol–water partition coefficient (Wildman–Crippen LogP) is 2.97. The van der Waals surface area contributed by atoms with Crippen LogP contribution in [0.3, 0.4) is 0 Å². The molecule has 0 bridgehead atoms. The number of sulfone groups is 1. The van der Waals surface area contributed by atoms with E-state index in [9.17, 15) is 13.2 Å². The SMILES string of the molecule is CS(=O)(=O)c1cc(C(=O)NCc2cn3cc(Cl)ccc3n2)ccc1Cl. The Morgan fingerprint density at radius 3 is 2.68 bits per heavy atom. The number of benzene rings is 1. The van der Waals surface area contributed by atoms with Crippen molar-refractivity contribution in [3.8, 4) is 0 Å². The van der Waals surface area contributed by atoms with E-state index in [2.05, 4.69) is 10.3 Å². The summed E-state index contributed by atoms with van der Waals surface area (Å²) in [5.74, 6) is -0.420. The first-order valence-corrected chi connectivity index (χ1v) is 9.80. The van der Waals surface area contributed by atoms with E-state index in [1.807, 2.05) is 0 Å². The number of hydrogen-bond donors (Lipinski definition) is 1. The van der Waals surface area contributed by atoms with Gasteiger partial charge in [0.15, 0.2) is 9.84 Å². The molecular formula is C16H13Cl2N3O3S. The lowest BCUT2D eigenvalue weighted by molar-refractivity contribution is 0.0950. The van der Waals surface area contributed by atoms with Crippen molar-refractivity contribution in [2.45, 2.75) is 11.4 Å². The molecule has 0 unspecified atom stereocenters. The molecule has 0 aliphatic heterocycles. The summed E-state index contributed by atoms with van der Waals surface area (Å²) in [5, 5.41) is 3.36. The van der Waals surface area contributed by atoms with Crippen LogP contribution in [0.15, 0.2) is 47.6 Å². The van der Waals surface area contributed by atoms with Crippen molar-refractivity contribution in [3.05, 3.63) is 64.0 Å². The number of carbonyl (C=O) groups excluding carboxylic acids is 1. The molecule has 0 aliphatic rings. The Balaban J connectivity index is 1.78. The molecule has 0 saturated carbocycles. The van der Waals surface area contributed by atoms with Crippen molar-refractivity contribution in [2.24, 2.45) is 0 Å². The van der Waals surface area contributed by atoms with Crippen molar-refractivity contribution in [1.29, 1.82) is 0 Å². The second-order valence-corrected chi connectivity index (χ2v) is 8.27. The number of nitrogens with one attached hydrogen (secondary N) is 1. The molecule has 3 aromatic rings. The molecule has 6 nitrogen and oxygen atoms in total. The highest BCUT2D eigenvalue weighted by molar-refractivity contribution is 7.90. The summed E-state index contributed by atoms with van der Waals surface area (Å²) >= 11 is 11.8. The van der Waals surface area contributed by atoms with Gasteiger partial charge in [0.2, 0.25) is 0 Å². The van der Waals surface area contributed by atoms with Crippen LogP contribution < -0.4 is 5.32 Å². The summed E-state index contributed by atoms with van der Waals surface area (Å²) in [6.07, 6.45) is 4.51. The minimum Gasteiger partial charge on any atom is -0.346 e. The minimum absolute atomic E-state index is 0.0795. The Hall–Kier alpha value is -2.09. The fraction of sp³-hybridized carbons (Fsp3) is 0.125. The van der Waals surface area contributed by atoms with E-state index < -0.39 is 15.7 Å². The number of fused-ring (bicyclic) bond motifs is 1. The summed E-state index contributed by atoms with van der Waals surface area (Å²) in [5.41, 5.74) is 1.56. The summed E-state index contributed by atoms with van der Waals surface area (Å²) in [6.45, 7) is 0.189. The molecule has 1 amide bonds. The zero-order chi connectivity index (χ0) is 18.2. The zero-order valence-electron chi connectivity index (χ0n) is 13.0. The van der Waals surface area contributed by atoms with Crippen molar-refractivity contribution in [3.63, 3.8) is 0 Å². The van der Waals surface area contributed by atoms with Crippen molar-refractivity contribution < 1.29 is 13.2 Å². The highest BCUT2D eigenvalue weighted by Crippen LogP contribution is 2.22. The van der Waals surface area contributed by atoms with E-state index in [1.165, 1.54) is 18.2 Å². The fourth-order valence-electron chi connectivity index (χ4n) is 2.30. The van der Waals surface area contributed by atoms with Crippen LogP contribution in [0.4, 0.5) is 0 Å². The van der Waals surface area contributed by atoms with Gasteiger partial charge in [-0.25, -0.2) is 13.4 Å². The van der Waals surface area contributed by atoms with Gasteiger partial charge in [-0.3, -0.25) is 4.79 Å². The van der Waals surface area contributed by atoms with E-state index in [0.717, 1.165) is 6.26 Å². The fourth-order valence-corrected chi connectivity index (χ4v) is 3.77. The lowest BCUT2D eigenvalue weighted by atomic mass is 10.2. The van der Waals surface area contributed by atoms with Gasteiger partial charge in [-0.2, -0.15) is 0 Å². The van der Waals surface area contributed by atoms with Crippen LogP contribution in [-0.4, -0.2) is 30.0 Å². The highest BCUT2D eigenvalue weighted by Gasteiger charge is 2.16. The van der Waals surface area contributed by atoms with Gasteiger partial charge >= 0.3 is 0 Å². The third-order valence-electron chi connectivity index (χ3n) is 3.49. The topological polar surface area (TPSA) is 80.5 Å².